The summed E-state index contributed by atoms with van der Waals surface area (Å²) in [4.78, 5) is 17.1. The van der Waals surface area contributed by atoms with E-state index in [-0.39, 0.29) is 5.91 Å². The number of amides is 1. The van der Waals surface area contributed by atoms with E-state index < -0.39 is 0 Å². The first kappa shape index (κ1) is 22.3. The Morgan fingerprint density at radius 1 is 0.839 bits per heavy atom. The van der Waals surface area contributed by atoms with Gasteiger partial charge in [0.2, 0.25) is 0 Å². The van der Waals surface area contributed by atoms with Gasteiger partial charge in [0.1, 0.15) is 12.4 Å². The van der Waals surface area contributed by atoms with Crippen LogP contribution >= 0.6 is 0 Å². The van der Waals surface area contributed by atoms with E-state index in [1.807, 2.05) is 110 Å². The highest BCUT2D eigenvalue weighted by atomic mass is 16.5. The Kier molecular flexibility index (Phi) is 8.44. The molecule has 4 heteroatoms. The molecule has 0 heterocycles. The van der Waals surface area contributed by atoms with Crippen molar-refractivity contribution in [2.45, 2.75) is 13.0 Å². The molecule has 0 N–H and O–H groups in total. The van der Waals surface area contributed by atoms with Gasteiger partial charge < -0.3 is 14.5 Å². The average molecular weight is 415 g/mol. The average Bonchev–Trinajstić information content (AvgIpc) is 2.80. The third-order valence-electron chi connectivity index (χ3n) is 4.86. The van der Waals surface area contributed by atoms with E-state index in [1.165, 1.54) is 0 Å². The Morgan fingerprint density at radius 2 is 1.48 bits per heavy atom. The van der Waals surface area contributed by atoms with Crippen molar-refractivity contribution in [1.82, 2.24) is 4.90 Å². The predicted octanol–water partition coefficient (Wildman–Crippen LogP) is 5.26. The zero-order valence-electron chi connectivity index (χ0n) is 18.3. The molecule has 0 aliphatic rings. The Balaban J connectivity index is 1.80. The summed E-state index contributed by atoms with van der Waals surface area (Å²) < 4.78 is 6.12. The maximum absolute atomic E-state index is 13.2. The van der Waals surface area contributed by atoms with Crippen LogP contribution in [0.25, 0.3) is 6.08 Å². The fraction of sp³-hybridized carbons (Fsp3) is 0.222. The molecule has 1 amide bonds. The van der Waals surface area contributed by atoms with Gasteiger partial charge in [-0.1, -0.05) is 72.8 Å². The highest BCUT2D eigenvalue weighted by Gasteiger charge is 2.17. The number of ether oxygens (including phenoxy) is 1. The molecule has 0 saturated carbocycles. The maximum Gasteiger partial charge on any atom is 0.251 e. The summed E-state index contributed by atoms with van der Waals surface area (Å²) in [6.07, 6.45) is 4.36. The van der Waals surface area contributed by atoms with Gasteiger partial charge in [0.25, 0.3) is 5.91 Å². The molecule has 0 saturated heterocycles. The summed E-state index contributed by atoms with van der Waals surface area (Å²) >= 11 is 0. The summed E-state index contributed by atoms with van der Waals surface area (Å²) in [6, 6.07) is 27.7. The molecule has 3 aromatic rings. The van der Waals surface area contributed by atoms with Crippen molar-refractivity contribution in [3.63, 3.8) is 0 Å². The number of anilines is 1. The first-order valence-corrected chi connectivity index (χ1v) is 10.6. The number of carbonyl (C=O) groups excluding carboxylic acids is 1. The molecule has 160 valence electrons. The zero-order chi connectivity index (χ0) is 21.9. The van der Waals surface area contributed by atoms with Crippen molar-refractivity contribution < 1.29 is 9.53 Å². The van der Waals surface area contributed by atoms with Crippen molar-refractivity contribution in [3.05, 3.63) is 102 Å². The fourth-order valence-electron chi connectivity index (χ4n) is 3.25. The summed E-state index contributed by atoms with van der Waals surface area (Å²) in [5, 5.41) is 0. The molecule has 0 fully saturated rings. The van der Waals surface area contributed by atoms with Crippen LogP contribution in [0.2, 0.25) is 0 Å². The van der Waals surface area contributed by atoms with E-state index in [0.717, 1.165) is 29.8 Å². The van der Waals surface area contributed by atoms with Crippen molar-refractivity contribution >= 4 is 17.7 Å². The van der Waals surface area contributed by atoms with Crippen LogP contribution in [0.15, 0.2) is 91.0 Å². The second-order valence-electron chi connectivity index (χ2n) is 7.63. The first-order valence-electron chi connectivity index (χ1n) is 10.6. The number of benzene rings is 3. The van der Waals surface area contributed by atoms with Gasteiger partial charge in [0.15, 0.2) is 0 Å². The molecule has 3 aromatic carbocycles. The monoisotopic (exact) mass is 414 g/mol. The van der Waals surface area contributed by atoms with Gasteiger partial charge in [0.05, 0.1) is 5.69 Å². The topological polar surface area (TPSA) is 32.8 Å². The van der Waals surface area contributed by atoms with E-state index in [4.69, 9.17) is 4.74 Å². The molecule has 4 nitrogen and oxygen atoms in total. The van der Waals surface area contributed by atoms with Crippen LogP contribution in [-0.4, -0.2) is 38.0 Å². The molecule has 3 rings (SSSR count). The van der Waals surface area contributed by atoms with Gasteiger partial charge in [-0.2, -0.15) is 0 Å². The minimum absolute atomic E-state index is 0.0571. The van der Waals surface area contributed by atoms with Crippen molar-refractivity contribution in [2.24, 2.45) is 0 Å². The van der Waals surface area contributed by atoms with Crippen LogP contribution in [-0.2, 0) is 11.4 Å². The van der Waals surface area contributed by atoms with Crippen LogP contribution in [0, 0.1) is 0 Å². The lowest BCUT2D eigenvalue weighted by Gasteiger charge is -2.25. The summed E-state index contributed by atoms with van der Waals surface area (Å²) in [5.74, 6) is 0.649. The van der Waals surface area contributed by atoms with E-state index in [2.05, 4.69) is 4.90 Å². The van der Waals surface area contributed by atoms with Crippen LogP contribution in [0.3, 0.4) is 0 Å². The number of hydrogen-bond donors (Lipinski definition) is 0. The molecule has 0 radical (unpaired) electrons. The molecular formula is C27H30N2O2. The minimum atomic E-state index is -0.0571. The van der Waals surface area contributed by atoms with E-state index in [0.29, 0.717) is 18.9 Å². The van der Waals surface area contributed by atoms with Crippen LogP contribution in [0.4, 0.5) is 5.69 Å². The van der Waals surface area contributed by atoms with E-state index in [1.54, 1.807) is 6.08 Å². The van der Waals surface area contributed by atoms with Crippen LogP contribution < -0.4 is 9.64 Å². The largest absolute Gasteiger partial charge is 0.487 e. The number of hydrogen-bond acceptors (Lipinski definition) is 3. The van der Waals surface area contributed by atoms with E-state index in [9.17, 15) is 4.79 Å². The molecule has 0 atom stereocenters. The second-order valence-corrected chi connectivity index (χ2v) is 7.63. The fourth-order valence-corrected chi connectivity index (χ4v) is 3.25. The summed E-state index contributed by atoms with van der Waals surface area (Å²) in [7, 11) is 4.08. The number of carbonyl (C=O) groups is 1. The second kappa shape index (κ2) is 11.7. The van der Waals surface area contributed by atoms with Crippen molar-refractivity contribution in [1.29, 1.82) is 0 Å². The zero-order valence-corrected chi connectivity index (χ0v) is 18.3. The Labute approximate surface area is 185 Å². The normalized spacial score (nSPS) is 11.1. The molecule has 31 heavy (non-hydrogen) atoms. The lowest BCUT2D eigenvalue weighted by Crippen LogP contribution is -2.32. The Morgan fingerprint density at radius 3 is 2.19 bits per heavy atom. The van der Waals surface area contributed by atoms with Gasteiger partial charge in [-0.15, -0.1) is 0 Å². The Hall–Kier alpha value is -3.37. The Bertz CT molecular complexity index is 969. The molecule has 0 unspecified atom stereocenters. The van der Waals surface area contributed by atoms with Gasteiger partial charge in [0, 0.05) is 12.6 Å². The van der Waals surface area contributed by atoms with Crippen LogP contribution in [0.5, 0.6) is 5.75 Å². The number of rotatable bonds is 10. The number of nitrogens with zero attached hydrogens (tertiary/aromatic N) is 2. The SMILES string of the molecule is CN(C)CCCN(C(=O)/C=C/c1ccccc1)c1ccccc1OCc1ccccc1. The van der Waals surface area contributed by atoms with Gasteiger partial charge >= 0.3 is 0 Å². The minimum Gasteiger partial charge on any atom is -0.487 e. The predicted molar refractivity (Wildman–Crippen MR) is 128 cm³/mol. The highest BCUT2D eigenvalue weighted by Crippen LogP contribution is 2.29. The first-order chi connectivity index (χ1) is 15.1. The summed E-state index contributed by atoms with van der Waals surface area (Å²) in [5.41, 5.74) is 2.88. The molecule has 0 spiro atoms. The van der Waals surface area contributed by atoms with Crippen LogP contribution in [0.1, 0.15) is 17.5 Å². The molecule has 0 aliphatic carbocycles. The smallest absolute Gasteiger partial charge is 0.251 e. The molecular weight excluding hydrogens is 384 g/mol. The molecule has 0 bridgehead atoms. The van der Waals surface area contributed by atoms with Gasteiger partial charge in [-0.25, -0.2) is 0 Å². The van der Waals surface area contributed by atoms with E-state index >= 15 is 0 Å². The van der Waals surface area contributed by atoms with Gasteiger partial charge in [-0.3, -0.25) is 4.79 Å². The standard InChI is InChI=1S/C27H30N2O2/c1-28(2)20-11-21-29(27(30)19-18-23-12-5-3-6-13-23)25-16-9-10-17-26(25)31-22-24-14-7-4-8-15-24/h3-10,12-19H,11,20-22H2,1-2H3/b19-18+. The lowest BCUT2D eigenvalue weighted by atomic mass is 10.2. The third kappa shape index (κ3) is 7.12. The van der Waals surface area contributed by atoms with Crippen molar-refractivity contribution in [2.75, 3.05) is 32.1 Å². The molecule has 0 aliphatic heterocycles. The van der Waals surface area contributed by atoms with Gasteiger partial charge in [-0.05, 0) is 56.4 Å². The third-order valence-corrected chi connectivity index (χ3v) is 4.86. The number of para-hydroxylation sites is 2. The lowest BCUT2D eigenvalue weighted by molar-refractivity contribution is -0.114. The maximum atomic E-state index is 13.2. The highest BCUT2D eigenvalue weighted by molar-refractivity contribution is 6.04. The molecule has 0 aromatic heterocycles. The quantitative estimate of drug-likeness (QED) is 0.424. The summed E-state index contributed by atoms with van der Waals surface area (Å²) in [6.45, 7) is 1.97. The van der Waals surface area contributed by atoms with Crippen molar-refractivity contribution in [3.8, 4) is 5.75 Å².